The van der Waals surface area contributed by atoms with Crippen molar-refractivity contribution in [1.82, 2.24) is 15.3 Å². The van der Waals surface area contributed by atoms with Gasteiger partial charge in [-0.25, -0.2) is 9.97 Å². The summed E-state index contributed by atoms with van der Waals surface area (Å²) in [4.78, 5) is 11.1. The number of nitrogens with one attached hydrogen (secondary N) is 1. The standard InChI is InChI=1S/C13H24N4O/c1-6-17(10(2)9-18-5)13-12(7-14-4)8-15-11(3)16-13/h8,10,14H,6-7,9H2,1-5H3. The molecule has 0 aliphatic rings. The maximum absolute atomic E-state index is 5.24. The Bertz CT molecular complexity index is 370. The first-order valence-electron chi connectivity index (χ1n) is 6.36. The van der Waals surface area contributed by atoms with Gasteiger partial charge in [0.15, 0.2) is 0 Å². The van der Waals surface area contributed by atoms with Crippen molar-refractivity contribution in [3.63, 3.8) is 0 Å². The van der Waals surface area contributed by atoms with Gasteiger partial charge in [0, 0.05) is 32.0 Å². The molecule has 1 aromatic heterocycles. The normalized spacial score (nSPS) is 12.5. The van der Waals surface area contributed by atoms with E-state index in [1.54, 1.807) is 7.11 Å². The summed E-state index contributed by atoms with van der Waals surface area (Å²) >= 11 is 0. The average molecular weight is 252 g/mol. The molecule has 0 fully saturated rings. The molecule has 1 rings (SSSR count). The minimum Gasteiger partial charge on any atom is -0.383 e. The molecule has 18 heavy (non-hydrogen) atoms. The van der Waals surface area contributed by atoms with E-state index < -0.39 is 0 Å². The molecule has 0 saturated heterocycles. The predicted molar refractivity (Wildman–Crippen MR) is 73.9 cm³/mol. The molecule has 0 aliphatic carbocycles. The highest BCUT2D eigenvalue weighted by molar-refractivity contribution is 5.47. The Morgan fingerprint density at radius 1 is 1.50 bits per heavy atom. The minimum atomic E-state index is 0.296. The van der Waals surface area contributed by atoms with E-state index in [0.29, 0.717) is 12.6 Å². The summed E-state index contributed by atoms with van der Waals surface area (Å²) in [6, 6.07) is 0.296. The second-order valence-corrected chi connectivity index (χ2v) is 4.39. The van der Waals surface area contributed by atoms with Gasteiger partial charge in [0.05, 0.1) is 12.6 Å². The van der Waals surface area contributed by atoms with Crippen LogP contribution in [0.4, 0.5) is 5.82 Å². The zero-order valence-corrected chi connectivity index (χ0v) is 12.0. The first kappa shape index (κ1) is 14.9. The van der Waals surface area contributed by atoms with E-state index in [9.17, 15) is 0 Å². The lowest BCUT2D eigenvalue weighted by molar-refractivity contribution is 0.181. The summed E-state index contributed by atoms with van der Waals surface area (Å²) in [6.07, 6.45) is 1.90. The molecule has 0 amide bonds. The lowest BCUT2D eigenvalue weighted by Gasteiger charge is -2.30. The zero-order valence-electron chi connectivity index (χ0n) is 12.0. The van der Waals surface area contributed by atoms with Gasteiger partial charge in [-0.05, 0) is 27.8 Å². The summed E-state index contributed by atoms with van der Waals surface area (Å²) in [5.74, 6) is 1.80. The number of likely N-dealkylation sites (N-methyl/N-ethyl adjacent to an activating group) is 1. The number of methoxy groups -OCH3 is 1. The largest absolute Gasteiger partial charge is 0.383 e. The van der Waals surface area contributed by atoms with Crippen LogP contribution in [0.3, 0.4) is 0 Å². The van der Waals surface area contributed by atoms with Crippen LogP contribution >= 0.6 is 0 Å². The van der Waals surface area contributed by atoms with Crippen molar-refractivity contribution < 1.29 is 4.74 Å². The van der Waals surface area contributed by atoms with Crippen molar-refractivity contribution in [3.05, 3.63) is 17.6 Å². The molecule has 0 saturated carbocycles. The van der Waals surface area contributed by atoms with E-state index in [2.05, 4.69) is 34.0 Å². The maximum atomic E-state index is 5.24. The van der Waals surface area contributed by atoms with Gasteiger partial charge in [-0.15, -0.1) is 0 Å². The zero-order chi connectivity index (χ0) is 13.5. The Labute approximate surface area is 110 Å². The molecule has 5 heteroatoms. The van der Waals surface area contributed by atoms with Crippen LogP contribution < -0.4 is 10.2 Å². The molecule has 102 valence electrons. The fourth-order valence-corrected chi connectivity index (χ4v) is 2.05. The van der Waals surface area contributed by atoms with Gasteiger partial charge in [-0.2, -0.15) is 0 Å². The lowest BCUT2D eigenvalue weighted by atomic mass is 10.2. The molecule has 0 spiro atoms. The van der Waals surface area contributed by atoms with Crippen LogP contribution in [0.25, 0.3) is 0 Å². The highest BCUT2D eigenvalue weighted by Gasteiger charge is 2.17. The molecule has 0 bridgehead atoms. The minimum absolute atomic E-state index is 0.296. The third kappa shape index (κ3) is 3.65. The molecular weight excluding hydrogens is 228 g/mol. The maximum Gasteiger partial charge on any atom is 0.137 e. The van der Waals surface area contributed by atoms with Crippen LogP contribution in [0.15, 0.2) is 6.20 Å². The van der Waals surface area contributed by atoms with E-state index in [4.69, 9.17) is 4.74 Å². The van der Waals surface area contributed by atoms with Crippen LogP contribution in [0, 0.1) is 6.92 Å². The average Bonchev–Trinajstić information content (AvgIpc) is 2.34. The number of ether oxygens (including phenoxy) is 1. The molecule has 1 unspecified atom stereocenters. The van der Waals surface area contributed by atoms with Gasteiger partial charge in [-0.1, -0.05) is 0 Å². The van der Waals surface area contributed by atoms with Gasteiger partial charge in [0.2, 0.25) is 0 Å². The first-order chi connectivity index (χ1) is 8.63. The Hall–Kier alpha value is -1.20. The van der Waals surface area contributed by atoms with Gasteiger partial charge in [-0.3, -0.25) is 0 Å². The number of aryl methyl sites for hydroxylation is 1. The van der Waals surface area contributed by atoms with Crippen molar-refractivity contribution in [2.24, 2.45) is 0 Å². The topological polar surface area (TPSA) is 50.3 Å². The highest BCUT2D eigenvalue weighted by Crippen LogP contribution is 2.19. The smallest absolute Gasteiger partial charge is 0.137 e. The molecule has 5 nitrogen and oxygen atoms in total. The number of aromatic nitrogens is 2. The number of hydrogen-bond donors (Lipinski definition) is 1. The van der Waals surface area contributed by atoms with E-state index >= 15 is 0 Å². The summed E-state index contributed by atoms with van der Waals surface area (Å²) in [7, 11) is 3.66. The van der Waals surface area contributed by atoms with Gasteiger partial charge >= 0.3 is 0 Å². The Morgan fingerprint density at radius 2 is 2.22 bits per heavy atom. The third-order valence-corrected chi connectivity index (χ3v) is 2.88. The van der Waals surface area contributed by atoms with Gasteiger partial charge in [0.25, 0.3) is 0 Å². The predicted octanol–water partition coefficient (Wildman–Crippen LogP) is 1.37. The Balaban J connectivity index is 3.05. The summed E-state index contributed by atoms with van der Waals surface area (Å²) in [5, 5.41) is 3.16. The first-order valence-corrected chi connectivity index (χ1v) is 6.36. The fourth-order valence-electron chi connectivity index (χ4n) is 2.05. The highest BCUT2D eigenvalue weighted by atomic mass is 16.5. The number of anilines is 1. The van der Waals surface area contributed by atoms with Crippen LogP contribution in [0.2, 0.25) is 0 Å². The summed E-state index contributed by atoms with van der Waals surface area (Å²) in [5.41, 5.74) is 1.12. The third-order valence-electron chi connectivity index (χ3n) is 2.88. The molecule has 1 aromatic rings. The van der Waals surface area contributed by atoms with Crippen LogP contribution in [-0.4, -0.2) is 43.3 Å². The van der Waals surface area contributed by atoms with Crippen molar-refractivity contribution in [2.45, 2.75) is 33.4 Å². The summed E-state index contributed by atoms with van der Waals surface area (Å²) in [6.45, 7) is 8.56. The lowest BCUT2D eigenvalue weighted by Crippen LogP contribution is -2.38. The quantitative estimate of drug-likeness (QED) is 0.794. The van der Waals surface area contributed by atoms with Crippen molar-refractivity contribution >= 4 is 5.82 Å². The molecule has 0 aliphatic heterocycles. The van der Waals surface area contributed by atoms with E-state index in [1.807, 2.05) is 20.2 Å². The van der Waals surface area contributed by atoms with E-state index in [1.165, 1.54) is 0 Å². The van der Waals surface area contributed by atoms with E-state index in [-0.39, 0.29) is 0 Å². The molecule has 0 aromatic carbocycles. The summed E-state index contributed by atoms with van der Waals surface area (Å²) < 4.78 is 5.24. The van der Waals surface area contributed by atoms with Crippen LogP contribution in [0.5, 0.6) is 0 Å². The molecule has 1 atom stereocenters. The monoisotopic (exact) mass is 252 g/mol. The Morgan fingerprint density at radius 3 is 2.78 bits per heavy atom. The number of rotatable bonds is 7. The van der Waals surface area contributed by atoms with Crippen molar-refractivity contribution in [1.29, 1.82) is 0 Å². The SMILES string of the molecule is CCN(c1nc(C)ncc1CNC)C(C)COC. The molecule has 1 heterocycles. The van der Waals surface area contributed by atoms with Gasteiger partial charge in [0.1, 0.15) is 11.6 Å². The number of hydrogen-bond acceptors (Lipinski definition) is 5. The molecule has 1 N–H and O–H groups in total. The van der Waals surface area contributed by atoms with Crippen molar-refractivity contribution in [2.75, 3.05) is 32.2 Å². The fraction of sp³-hybridized carbons (Fsp3) is 0.692. The second-order valence-electron chi connectivity index (χ2n) is 4.39. The van der Waals surface area contributed by atoms with E-state index in [0.717, 1.165) is 30.3 Å². The van der Waals surface area contributed by atoms with Crippen LogP contribution in [0.1, 0.15) is 25.2 Å². The second kappa shape index (κ2) is 7.28. The number of nitrogens with zero attached hydrogens (tertiary/aromatic N) is 3. The Kier molecular flexibility index (Phi) is 6.01. The molecular formula is C13H24N4O. The molecule has 0 radical (unpaired) electrons. The van der Waals surface area contributed by atoms with Crippen molar-refractivity contribution in [3.8, 4) is 0 Å². The van der Waals surface area contributed by atoms with Gasteiger partial charge < -0.3 is 15.0 Å². The van der Waals surface area contributed by atoms with Crippen LogP contribution in [-0.2, 0) is 11.3 Å².